The third-order valence-corrected chi connectivity index (χ3v) is 3.68. The van der Waals surface area contributed by atoms with Crippen LogP contribution in [0, 0.1) is 0 Å². The number of hydrogen-bond acceptors (Lipinski definition) is 4. The standard InChI is InChI=1S/C18H19NO3/c1-21-15-8-6-13(7-9-15)11-19-16(12-20)18-10-14-4-2-3-5-17(14)22-18/h2-10,16,19-20H,11-12H2,1H3/t16-/m1/s1. The van der Waals surface area contributed by atoms with Crippen LogP contribution in [0.3, 0.4) is 0 Å². The molecule has 22 heavy (non-hydrogen) atoms. The molecule has 0 spiro atoms. The van der Waals surface area contributed by atoms with Crippen molar-refractivity contribution >= 4 is 11.0 Å². The van der Waals surface area contributed by atoms with Gasteiger partial charge in [0.05, 0.1) is 19.8 Å². The van der Waals surface area contributed by atoms with Gasteiger partial charge in [0.2, 0.25) is 0 Å². The van der Waals surface area contributed by atoms with Gasteiger partial charge in [0, 0.05) is 11.9 Å². The Balaban J connectivity index is 1.70. The normalized spacial score (nSPS) is 12.5. The molecule has 0 unspecified atom stereocenters. The molecule has 4 nitrogen and oxygen atoms in total. The van der Waals surface area contributed by atoms with Gasteiger partial charge < -0.3 is 19.6 Å². The molecule has 114 valence electrons. The van der Waals surface area contributed by atoms with Crippen LogP contribution in [-0.2, 0) is 6.54 Å². The molecule has 2 aromatic carbocycles. The Labute approximate surface area is 129 Å². The number of ether oxygens (including phenoxy) is 1. The van der Waals surface area contributed by atoms with Crippen LogP contribution in [0.5, 0.6) is 5.75 Å². The lowest BCUT2D eigenvalue weighted by Gasteiger charge is -2.14. The van der Waals surface area contributed by atoms with Crippen LogP contribution < -0.4 is 10.1 Å². The summed E-state index contributed by atoms with van der Waals surface area (Å²) in [7, 11) is 1.65. The van der Waals surface area contributed by atoms with E-state index in [0.29, 0.717) is 6.54 Å². The van der Waals surface area contributed by atoms with Crippen LogP contribution in [0.2, 0.25) is 0 Å². The Hall–Kier alpha value is -2.30. The molecule has 0 radical (unpaired) electrons. The van der Waals surface area contributed by atoms with Crippen LogP contribution in [-0.4, -0.2) is 18.8 Å². The molecule has 3 aromatic rings. The van der Waals surface area contributed by atoms with Gasteiger partial charge in [0.25, 0.3) is 0 Å². The van der Waals surface area contributed by atoms with Crippen molar-refractivity contribution in [3.8, 4) is 5.75 Å². The molecular formula is C18H19NO3. The molecule has 1 atom stereocenters. The highest BCUT2D eigenvalue weighted by molar-refractivity contribution is 5.77. The molecule has 0 bridgehead atoms. The number of hydrogen-bond donors (Lipinski definition) is 2. The maximum absolute atomic E-state index is 9.62. The Morgan fingerprint density at radius 1 is 1.14 bits per heavy atom. The number of aliphatic hydroxyl groups is 1. The van der Waals surface area contributed by atoms with Gasteiger partial charge in [-0.2, -0.15) is 0 Å². The van der Waals surface area contributed by atoms with Gasteiger partial charge in [0.15, 0.2) is 0 Å². The average molecular weight is 297 g/mol. The molecule has 0 saturated carbocycles. The lowest BCUT2D eigenvalue weighted by molar-refractivity contribution is 0.227. The fourth-order valence-electron chi connectivity index (χ4n) is 2.41. The van der Waals surface area contributed by atoms with Crippen molar-refractivity contribution in [1.29, 1.82) is 0 Å². The second kappa shape index (κ2) is 6.64. The molecule has 1 aromatic heterocycles. The van der Waals surface area contributed by atoms with Gasteiger partial charge in [-0.25, -0.2) is 0 Å². The number of nitrogens with one attached hydrogen (secondary N) is 1. The van der Waals surface area contributed by atoms with Gasteiger partial charge in [-0.3, -0.25) is 0 Å². The summed E-state index contributed by atoms with van der Waals surface area (Å²) in [4.78, 5) is 0. The van der Waals surface area contributed by atoms with Gasteiger partial charge >= 0.3 is 0 Å². The van der Waals surface area contributed by atoms with E-state index in [1.165, 1.54) is 0 Å². The van der Waals surface area contributed by atoms with Crippen LogP contribution in [0.1, 0.15) is 17.4 Å². The number of aliphatic hydroxyl groups excluding tert-OH is 1. The number of para-hydroxylation sites is 1. The summed E-state index contributed by atoms with van der Waals surface area (Å²) in [5.41, 5.74) is 1.96. The van der Waals surface area contributed by atoms with Crippen molar-refractivity contribution in [2.45, 2.75) is 12.6 Å². The van der Waals surface area contributed by atoms with Crippen LogP contribution in [0.15, 0.2) is 59.0 Å². The highest BCUT2D eigenvalue weighted by atomic mass is 16.5. The number of benzene rings is 2. The van der Waals surface area contributed by atoms with E-state index in [1.54, 1.807) is 7.11 Å². The monoisotopic (exact) mass is 297 g/mol. The fraction of sp³-hybridized carbons (Fsp3) is 0.222. The van der Waals surface area contributed by atoms with E-state index in [9.17, 15) is 5.11 Å². The molecule has 1 heterocycles. The second-order valence-corrected chi connectivity index (χ2v) is 5.15. The van der Waals surface area contributed by atoms with E-state index >= 15 is 0 Å². The van der Waals surface area contributed by atoms with E-state index in [4.69, 9.17) is 9.15 Å². The van der Waals surface area contributed by atoms with Crippen LogP contribution in [0.4, 0.5) is 0 Å². The van der Waals surface area contributed by atoms with Crippen molar-refractivity contribution in [1.82, 2.24) is 5.32 Å². The zero-order valence-corrected chi connectivity index (χ0v) is 12.5. The van der Waals surface area contributed by atoms with Crippen molar-refractivity contribution in [3.05, 3.63) is 65.9 Å². The number of furan rings is 1. The first-order valence-electron chi connectivity index (χ1n) is 7.26. The predicted molar refractivity (Wildman–Crippen MR) is 85.9 cm³/mol. The van der Waals surface area contributed by atoms with Gasteiger partial charge in [-0.15, -0.1) is 0 Å². The summed E-state index contributed by atoms with van der Waals surface area (Å²) in [5, 5.41) is 14.0. The first kappa shape index (κ1) is 14.6. The summed E-state index contributed by atoms with van der Waals surface area (Å²) in [5.74, 6) is 1.58. The highest BCUT2D eigenvalue weighted by Crippen LogP contribution is 2.24. The zero-order chi connectivity index (χ0) is 15.4. The van der Waals surface area contributed by atoms with Gasteiger partial charge in [0.1, 0.15) is 17.1 Å². The second-order valence-electron chi connectivity index (χ2n) is 5.15. The van der Waals surface area contributed by atoms with Crippen LogP contribution >= 0.6 is 0 Å². The minimum Gasteiger partial charge on any atom is -0.497 e. The third-order valence-electron chi connectivity index (χ3n) is 3.68. The summed E-state index contributed by atoms with van der Waals surface area (Å²) < 4.78 is 10.9. The SMILES string of the molecule is COc1ccc(CN[C@H](CO)c2cc3ccccc3o2)cc1. The maximum Gasteiger partial charge on any atom is 0.134 e. The molecule has 0 aliphatic rings. The highest BCUT2D eigenvalue weighted by Gasteiger charge is 2.15. The zero-order valence-electron chi connectivity index (χ0n) is 12.5. The summed E-state index contributed by atoms with van der Waals surface area (Å²) in [6, 6.07) is 17.4. The summed E-state index contributed by atoms with van der Waals surface area (Å²) >= 11 is 0. The van der Waals surface area contributed by atoms with Crippen molar-refractivity contribution in [3.63, 3.8) is 0 Å². The smallest absolute Gasteiger partial charge is 0.134 e. The van der Waals surface area contributed by atoms with E-state index in [2.05, 4.69) is 5.32 Å². The number of methoxy groups -OCH3 is 1. The molecule has 2 N–H and O–H groups in total. The molecular weight excluding hydrogens is 278 g/mol. The van der Waals surface area contributed by atoms with Crippen molar-refractivity contribution in [2.75, 3.05) is 13.7 Å². The van der Waals surface area contributed by atoms with Gasteiger partial charge in [-0.1, -0.05) is 30.3 Å². The maximum atomic E-state index is 9.62. The first-order valence-corrected chi connectivity index (χ1v) is 7.26. The van der Waals surface area contributed by atoms with E-state index in [-0.39, 0.29) is 12.6 Å². The van der Waals surface area contributed by atoms with Gasteiger partial charge in [-0.05, 0) is 29.8 Å². The molecule has 0 aliphatic carbocycles. The number of fused-ring (bicyclic) bond motifs is 1. The molecule has 0 fully saturated rings. The van der Waals surface area contributed by atoms with E-state index < -0.39 is 0 Å². The molecule has 0 aliphatic heterocycles. The lowest BCUT2D eigenvalue weighted by Crippen LogP contribution is -2.23. The topological polar surface area (TPSA) is 54.6 Å². The van der Waals surface area contributed by atoms with E-state index in [1.807, 2.05) is 54.6 Å². The summed E-state index contributed by atoms with van der Waals surface area (Å²) in [6.07, 6.45) is 0. The van der Waals surface area contributed by atoms with E-state index in [0.717, 1.165) is 28.0 Å². The third kappa shape index (κ3) is 3.13. The molecule has 4 heteroatoms. The molecule has 0 amide bonds. The van der Waals surface area contributed by atoms with Crippen molar-refractivity contribution < 1.29 is 14.3 Å². The lowest BCUT2D eigenvalue weighted by atomic mass is 10.1. The largest absolute Gasteiger partial charge is 0.497 e. The Kier molecular flexibility index (Phi) is 4.42. The molecule has 0 saturated heterocycles. The Bertz CT molecular complexity index is 700. The minimum absolute atomic E-state index is 0.0179. The summed E-state index contributed by atoms with van der Waals surface area (Å²) in [6.45, 7) is 0.627. The molecule has 3 rings (SSSR count). The van der Waals surface area contributed by atoms with Crippen molar-refractivity contribution in [2.24, 2.45) is 0 Å². The predicted octanol–water partition coefficient (Wildman–Crippen LogP) is 3.26. The van der Waals surface area contributed by atoms with Crippen LogP contribution in [0.25, 0.3) is 11.0 Å². The number of rotatable bonds is 6. The first-order chi connectivity index (χ1) is 10.8. The Morgan fingerprint density at radius 2 is 1.91 bits per heavy atom. The fourth-order valence-corrected chi connectivity index (χ4v) is 2.41. The minimum atomic E-state index is -0.227. The quantitative estimate of drug-likeness (QED) is 0.733. The Morgan fingerprint density at radius 3 is 2.59 bits per heavy atom. The average Bonchev–Trinajstić information content (AvgIpc) is 3.00.